The summed E-state index contributed by atoms with van der Waals surface area (Å²) in [5.74, 6) is 0.646. The van der Waals surface area contributed by atoms with Gasteiger partial charge in [0.15, 0.2) is 5.82 Å². The van der Waals surface area contributed by atoms with E-state index in [-0.39, 0.29) is 18.4 Å². The molecule has 4 heterocycles. The van der Waals surface area contributed by atoms with Crippen molar-refractivity contribution in [1.29, 1.82) is 0 Å². The number of carbonyl (C=O) groups is 1. The number of rotatable bonds is 6. The zero-order valence-electron chi connectivity index (χ0n) is 16.0. The molecule has 1 aliphatic rings. The van der Waals surface area contributed by atoms with Crippen LogP contribution < -0.4 is 0 Å². The Morgan fingerprint density at radius 2 is 2.32 bits per heavy atom. The molecule has 4 rings (SSSR count). The van der Waals surface area contributed by atoms with E-state index < -0.39 is 0 Å². The van der Waals surface area contributed by atoms with E-state index in [4.69, 9.17) is 9.47 Å². The first-order valence-corrected chi connectivity index (χ1v) is 9.23. The zero-order chi connectivity index (χ0) is 19.5. The van der Waals surface area contributed by atoms with Crippen molar-refractivity contribution >= 4 is 11.6 Å². The van der Waals surface area contributed by atoms with Crippen molar-refractivity contribution in [1.82, 2.24) is 34.5 Å². The molecule has 3 aromatic rings. The van der Waals surface area contributed by atoms with E-state index in [0.717, 1.165) is 16.9 Å². The lowest BCUT2D eigenvalue weighted by atomic mass is 10.2. The summed E-state index contributed by atoms with van der Waals surface area (Å²) in [7, 11) is 1.63. The van der Waals surface area contributed by atoms with E-state index in [1.807, 2.05) is 29.7 Å². The highest BCUT2D eigenvalue weighted by molar-refractivity contribution is 5.78. The molecule has 0 aromatic carbocycles. The minimum atomic E-state index is -0.353. The number of morpholine rings is 1. The molecule has 0 unspecified atom stereocenters. The number of hydrogen-bond donors (Lipinski definition) is 0. The summed E-state index contributed by atoms with van der Waals surface area (Å²) in [6.45, 7) is 4.45. The van der Waals surface area contributed by atoms with Gasteiger partial charge in [0.05, 0.1) is 38.4 Å². The molecule has 0 aliphatic carbocycles. The average molecular weight is 385 g/mol. The maximum Gasteiger partial charge on any atom is 0.228 e. The second-order valence-electron chi connectivity index (χ2n) is 6.76. The Balaban J connectivity index is 1.46. The van der Waals surface area contributed by atoms with Gasteiger partial charge in [-0.2, -0.15) is 0 Å². The number of pyridine rings is 1. The number of amides is 1. The van der Waals surface area contributed by atoms with Crippen LogP contribution in [0.2, 0.25) is 0 Å². The summed E-state index contributed by atoms with van der Waals surface area (Å²) in [5, 5.41) is 11.8. The van der Waals surface area contributed by atoms with Crippen LogP contribution in [0.15, 0.2) is 24.5 Å². The van der Waals surface area contributed by atoms with Crippen LogP contribution in [-0.2, 0) is 27.2 Å². The van der Waals surface area contributed by atoms with Crippen LogP contribution in [0.25, 0.3) is 5.65 Å². The van der Waals surface area contributed by atoms with Gasteiger partial charge < -0.3 is 18.8 Å². The summed E-state index contributed by atoms with van der Waals surface area (Å²) in [6, 6.07) is 3.97. The molecule has 10 nitrogen and oxygen atoms in total. The van der Waals surface area contributed by atoms with Crippen LogP contribution in [0.5, 0.6) is 0 Å². The predicted molar refractivity (Wildman–Crippen MR) is 98.6 cm³/mol. The van der Waals surface area contributed by atoms with Crippen LogP contribution in [0.3, 0.4) is 0 Å². The topological polar surface area (TPSA) is 99.7 Å². The van der Waals surface area contributed by atoms with E-state index >= 15 is 0 Å². The summed E-state index contributed by atoms with van der Waals surface area (Å²) in [6.07, 6.45) is 3.63. The first-order chi connectivity index (χ1) is 13.7. The Morgan fingerprint density at radius 1 is 1.43 bits per heavy atom. The number of aryl methyl sites for hydroxylation is 1. The van der Waals surface area contributed by atoms with Crippen LogP contribution in [0, 0.1) is 6.92 Å². The van der Waals surface area contributed by atoms with Crippen LogP contribution >= 0.6 is 0 Å². The summed E-state index contributed by atoms with van der Waals surface area (Å²) in [4.78, 5) is 19.2. The fourth-order valence-electron chi connectivity index (χ4n) is 3.41. The third-order valence-electron chi connectivity index (χ3n) is 4.91. The highest BCUT2D eigenvalue weighted by atomic mass is 16.5. The van der Waals surface area contributed by atoms with Gasteiger partial charge in [-0.15, -0.1) is 5.10 Å². The Bertz CT molecular complexity index is 967. The van der Waals surface area contributed by atoms with Crippen molar-refractivity contribution in [2.24, 2.45) is 0 Å². The van der Waals surface area contributed by atoms with Crippen molar-refractivity contribution in [2.75, 3.05) is 33.4 Å². The zero-order valence-corrected chi connectivity index (χ0v) is 16.0. The Hall–Kier alpha value is -2.85. The molecule has 0 spiro atoms. The van der Waals surface area contributed by atoms with Crippen LogP contribution in [0.4, 0.5) is 0 Å². The number of imidazole rings is 1. The van der Waals surface area contributed by atoms with Crippen molar-refractivity contribution < 1.29 is 14.3 Å². The summed E-state index contributed by atoms with van der Waals surface area (Å²) in [5.41, 5.74) is 2.83. The molecule has 10 heteroatoms. The van der Waals surface area contributed by atoms with Gasteiger partial charge in [0.2, 0.25) is 5.91 Å². The van der Waals surface area contributed by atoms with E-state index in [1.54, 1.807) is 22.9 Å². The number of methoxy groups -OCH3 is 1. The van der Waals surface area contributed by atoms with Gasteiger partial charge in [0, 0.05) is 26.0 Å². The van der Waals surface area contributed by atoms with Crippen molar-refractivity contribution in [2.45, 2.75) is 26.0 Å². The molecular weight excluding hydrogens is 362 g/mol. The van der Waals surface area contributed by atoms with Gasteiger partial charge in [-0.3, -0.25) is 4.79 Å². The van der Waals surface area contributed by atoms with Gasteiger partial charge in [-0.1, -0.05) is 6.07 Å². The SMILES string of the molecule is COCCn1nnnc1[C@@H]1CN(C(=O)Cc2cnc3c(C)cccn23)CCO1. The fraction of sp³-hybridized carbons (Fsp3) is 0.500. The summed E-state index contributed by atoms with van der Waals surface area (Å²) >= 11 is 0. The molecule has 1 amide bonds. The van der Waals surface area contributed by atoms with E-state index in [2.05, 4.69) is 20.5 Å². The number of hydrogen-bond acceptors (Lipinski definition) is 7. The normalized spacial score (nSPS) is 17.4. The molecule has 148 valence electrons. The Morgan fingerprint density at radius 3 is 3.18 bits per heavy atom. The number of aromatic nitrogens is 6. The molecule has 0 saturated carbocycles. The van der Waals surface area contributed by atoms with E-state index in [1.165, 1.54) is 0 Å². The third-order valence-corrected chi connectivity index (χ3v) is 4.91. The van der Waals surface area contributed by atoms with Gasteiger partial charge in [-0.05, 0) is 29.0 Å². The number of ether oxygens (including phenoxy) is 2. The van der Waals surface area contributed by atoms with Crippen molar-refractivity contribution in [3.8, 4) is 0 Å². The number of carbonyl (C=O) groups excluding carboxylic acids is 1. The molecule has 28 heavy (non-hydrogen) atoms. The predicted octanol–water partition coefficient (Wildman–Crippen LogP) is 0.418. The van der Waals surface area contributed by atoms with E-state index in [0.29, 0.717) is 38.7 Å². The van der Waals surface area contributed by atoms with Gasteiger partial charge >= 0.3 is 0 Å². The minimum absolute atomic E-state index is 0.0347. The van der Waals surface area contributed by atoms with Gasteiger partial charge in [0.1, 0.15) is 11.8 Å². The number of fused-ring (bicyclic) bond motifs is 1. The fourth-order valence-corrected chi connectivity index (χ4v) is 3.41. The standard InChI is InChI=1S/C18H23N7O3/c1-13-4-3-5-24-14(11-19-17(13)24)10-16(26)23-6-9-28-15(12-23)18-20-21-22-25(18)7-8-27-2/h3-5,11,15H,6-10,12H2,1-2H3/t15-/m0/s1. The van der Waals surface area contributed by atoms with Crippen molar-refractivity contribution in [3.05, 3.63) is 41.6 Å². The molecule has 1 aliphatic heterocycles. The largest absolute Gasteiger partial charge is 0.383 e. The molecular formula is C18H23N7O3. The van der Waals surface area contributed by atoms with Crippen LogP contribution in [0.1, 0.15) is 23.2 Å². The lowest BCUT2D eigenvalue weighted by molar-refractivity contribution is -0.138. The first kappa shape index (κ1) is 18.5. The van der Waals surface area contributed by atoms with Crippen LogP contribution in [-0.4, -0.2) is 73.8 Å². The van der Waals surface area contributed by atoms with Gasteiger partial charge in [0.25, 0.3) is 0 Å². The van der Waals surface area contributed by atoms with Gasteiger partial charge in [-0.25, -0.2) is 9.67 Å². The highest BCUT2D eigenvalue weighted by Gasteiger charge is 2.29. The third kappa shape index (κ3) is 3.60. The second-order valence-corrected chi connectivity index (χ2v) is 6.76. The summed E-state index contributed by atoms with van der Waals surface area (Å²) < 4.78 is 14.5. The molecule has 0 bridgehead atoms. The highest BCUT2D eigenvalue weighted by Crippen LogP contribution is 2.21. The average Bonchev–Trinajstić information content (AvgIpc) is 3.34. The molecule has 1 saturated heterocycles. The first-order valence-electron chi connectivity index (χ1n) is 9.23. The quantitative estimate of drug-likeness (QED) is 0.606. The Labute approximate surface area is 162 Å². The second kappa shape index (κ2) is 8.03. The molecule has 1 fully saturated rings. The molecule has 0 radical (unpaired) electrons. The molecule has 1 atom stereocenters. The smallest absolute Gasteiger partial charge is 0.228 e. The van der Waals surface area contributed by atoms with E-state index in [9.17, 15) is 4.79 Å². The maximum atomic E-state index is 12.9. The monoisotopic (exact) mass is 385 g/mol. The minimum Gasteiger partial charge on any atom is -0.383 e. The molecule has 3 aromatic heterocycles. The maximum absolute atomic E-state index is 12.9. The Kier molecular flexibility index (Phi) is 5.31. The number of tetrazole rings is 1. The van der Waals surface area contributed by atoms with Crippen molar-refractivity contribution in [3.63, 3.8) is 0 Å². The molecule has 0 N–H and O–H groups in total. The lowest BCUT2D eigenvalue weighted by Crippen LogP contribution is -2.43. The lowest BCUT2D eigenvalue weighted by Gasteiger charge is -2.32. The number of nitrogens with zero attached hydrogens (tertiary/aromatic N) is 7.